The van der Waals surface area contributed by atoms with Crippen LogP contribution in [0.5, 0.6) is 0 Å². The van der Waals surface area contributed by atoms with Gasteiger partial charge in [-0.25, -0.2) is 8.42 Å². The molecular weight excluding hydrogens is 372 g/mol. The monoisotopic (exact) mass is 400 g/mol. The van der Waals surface area contributed by atoms with Crippen molar-refractivity contribution in [1.82, 2.24) is 5.32 Å². The summed E-state index contributed by atoms with van der Waals surface area (Å²) in [6.45, 7) is 3.85. The van der Waals surface area contributed by atoms with Gasteiger partial charge in [-0.15, -0.1) is 0 Å². The van der Waals surface area contributed by atoms with Gasteiger partial charge < -0.3 is 5.32 Å². The SMILES string of the molecule is CC[C@H](NC(=O)c1ccc(NS(C)(=O)=O)c(C)c1)c1ccc2c(c1)CCCC2. The Hall–Kier alpha value is -2.34. The second kappa shape index (κ2) is 8.35. The molecule has 0 aromatic heterocycles. The Morgan fingerprint density at radius 1 is 1.07 bits per heavy atom. The second-order valence-corrected chi connectivity index (χ2v) is 9.32. The number of benzene rings is 2. The maximum Gasteiger partial charge on any atom is 0.251 e. The van der Waals surface area contributed by atoms with Crippen molar-refractivity contribution in [3.8, 4) is 0 Å². The smallest absolute Gasteiger partial charge is 0.251 e. The molecule has 28 heavy (non-hydrogen) atoms. The Labute approximate surface area is 167 Å². The van der Waals surface area contributed by atoms with Crippen molar-refractivity contribution >= 4 is 21.6 Å². The summed E-state index contributed by atoms with van der Waals surface area (Å²) in [6, 6.07) is 11.5. The Balaban J connectivity index is 1.76. The van der Waals surface area contributed by atoms with Crippen LogP contribution in [0.3, 0.4) is 0 Å². The van der Waals surface area contributed by atoms with Crippen LogP contribution in [0.15, 0.2) is 36.4 Å². The molecule has 0 aliphatic heterocycles. The molecule has 2 aromatic carbocycles. The van der Waals surface area contributed by atoms with E-state index in [2.05, 4.69) is 35.2 Å². The highest BCUT2D eigenvalue weighted by atomic mass is 32.2. The van der Waals surface area contributed by atoms with Gasteiger partial charge in [-0.2, -0.15) is 0 Å². The number of sulfonamides is 1. The molecule has 1 aliphatic carbocycles. The minimum absolute atomic E-state index is 0.0474. The Morgan fingerprint density at radius 3 is 2.43 bits per heavy atom. The number of amides is 1. The number of hydrogen-bond donors (Lipinski definition) is 2. The first kappa shape index (κ1) is 20.4. The van der Waals surface area contributed by atoms with Crippen molar-refractivity contribution in [3.05, 3.63) is 64.2 Å². The van der Waals surface area contributed by atoms with Crippen LogP contribution in [0.25, 0.3) is 0 Å². The van der Waals surface area contributed by atoms with Crippen molar-refractivity contribution < 1.29 is 13.2 Å². The summed E-state index contributed by atoms with van der Waals surface area (Å²) in [7, 11) is -3.35. The highest BCUT2D eigenvalue weighted by Gasteiger charge is 2.18. The van der Waals surface area contributed by atoms with E-state index in [1.165, 1.54) is 24.0 Å². The van der Waals surface area contributed by atoms with Crippen LogP contribution >= 0.6 is 0 Å². The van der Waals surface area contributed by atoms with E-state index in [0.717, 1.165) is 31.1 Å². The molecular formula is C22H28N2O3S. The summed E-state index contributed by atoms with van der Waals surface area (Å²) in [5.41, 5.74) is 5.70. The van der Waals surface area contributed by atoms with Gasteiger partial charge in [0.1, 0.15) is 0 Å². The standard InChI is InChI=1S/C22H28N2O3S/c1-4-20(18-10-9-16-7-5-6-8-17(16)14-18)23-22(25)19-11-12-21(15(2)13-19)24-28(3,26)27/h9-14,20,24H,4-8H2,1-3H3,(H,23,25)/t20-/m0/s1. The molecule has 5 nitrogen and oxygen atoms in total. The third-order valence-electron chi connectivity index (χ3n) is 5.27. The first-order valence-corrected chi connectivity index (χ1v) is 11.7. The van der Waals surface area contributed by atoms with E-state index in [1.54, 1.807) is 25.1 Å². The van der Waals surface area contributed by atoms with Crippen LogP contribution in [-0.2, 0) is 22.9 Å². The molecule has 0 unspecified atom stereocenters. The molecule has 1 aliphatic rings. The number of carbonyl (C=O) groups is 1. The Kier molecular flexibility index (Phi) is 6.08. The maximum absolute atomic E-state index is 12.8. The number of fused-ring (bicyclic) bond motifs is 1. The zero-order valence-electron chi connectivity index (χ0n) is 16.7. The second-order valence-electron chi connectivity index (χ2n) is 7.57. The largest absolute Gasteiger partial charge is 0.345 e. The van der Waals surface area contributed by atoms with Crippen LogP contribution in [0, 0.1) is 6.92 Å². The fraction of sp³-hybridized carbons (Fsp3) is 0.409. The van der Waals surface area contributed by atoms with Gasteiger partial charge in [-0.05, 0) is 79.5 Å². The van der Waals surface area contributed by atoms with E-state index in [0.29, 0.717) is 16.8 Å². The normalized spacial score (nSPS) is 14.8. The predicted octanol–water partition coefficient (Wildman–Crippen LogP) is 4.13. The zero-order chi connectivity index (χ0) is 20.3. The molecule has 2 N–H and O–H groups in total. The van der Waals surface area contributed by atoms with Crippen LogP contribution < -0.4 is 10.0 Å². The van der Waals surface area contributed by atoms with Crippen LogP contribution in [0.2, 0.25) is 0 Å². The lowest BCUT2D eigenvalue weighted by atomic mass is 9.88. The first-order chi connectivity index (χ1) is 13.3. The third-order valence-corrected chi connectivity index (χ3v) is 5.86. The molecule has 0 radical (unpaired) electrons. The van der Waals surface area contributed by atoms with Gasteiger partial charge in [0.05, 0.1) is 18.0 Å². The number of anilines is 1. The molecule has 0 spiro atoms. The lowest BCUT2D eigenvalue weighted by Gasteiger charge is -2.22. The molecule has 0 saturated carbocycles. The van der Waals surface area contributed by atoms with Crippen LogP contribution in [0.4, 0.5) is 5.69 Å². The summed E-state index contributed by atoms with van der Waals surface area (Å²) in [4.78, 5) is 12.8. The van der Waals surface area contributed by atoms with Gasteiger partial charge in [0.2, 0.25) is 10.0 Å². The van der Waals surface area contributed by atoms with Crippen LogP contribution in [0.1, 0.15) is 64.8 Å². The zero-order valence-corrected chi connectivity index (χ0v) is 17.5. The van der Waals surface area contributed by atoms with Crippen molar-refractivity contribution in [2.24, 2.45) is 0 Å². The van der Waals surface area contributed by atoms with Crippen molar-refractivity contribution in [2.75, 3.05) is 11.0 Å². The number of aryl methyl sites for hydroxylation is 3. The quantitative estimate of drug-likeness (QED) is 0.766. The molecule has 0 heterocycles. The molecule has 0 saturated heterocycles. The topological polar surface area (TPSA) is 75.3 Å². The van der Waals surface area contributed by atoms with E-state index < -0.39 is 10.0 Å². The van der Waals surface area contributed by atoms with Gasteiger partial charge in [-0.3, -0.25) is 9.52 Å². The molecule has 1 amide bonds. The molecule has 0 bridgehead atoms. The van der Waals surface area contributed by atoms with E-state index in [9.17, 15) is 13.2 Å². The molecule has 3 rings (SSSR count). The number of nitrogens with one attached hydrogen (secondary N) is 2. The van der Waals surface area contributed by atoms with Gasteiger partial charge in [0.25, 0.3) is 5.91 Å². The van der Waals surface area contributed by atoms with Crippen molar-refractivity contribution in [3.63, 3.8) is 0 Å². The summed E-state index contributed by atoms with van der Waals surface area (Å²) in [5, 5.41) is 3.12. The van der Waals surface area contributed by atoms with E-state index in [4.69, 9.17) is 0 Å². The van der Waals surface area contributed by atoms with Gasteiger partial charge in [0, 0.05) is 5.56 Å². The molecule has 1 atom stereocenters. The number of hydrogen-bond acceptors (Lipinski definition) is 3. The lowest BCUT2D eigenvalue weighted by Crippen LogP contribution is -2.28. The van der Waals surface area contributed by atoms with E-state index in [1.807, 2.05) is 0 Å². The summed E-state index contributed by atoms with van der Waals surface area (Å²) < 4.78 is 25.3. The summed E-state index contributed by atoms with van der Waals surface area (Å²) in [6.07, 6.45) is 6.65. The minimum Gasteiger partial charge on any atom is -0.345 e. The maximum atomic E-state index is 12.8. The Morgan fingerprint density at radius 2 is 1.79 bits per heavy atom. The fourth-order valence-corrected chi connectivity index (χ4v) is 4.38. The molecule has 6 heteroatoms. The molecule has 150 valence electrons. The van der Waals surface area contributed by atoms with Crippen LogP contribution in [-0.4, -0.2) is 20.6 Å². The van der Waals surface area contributed by atoms with E-state index >= 15 is 0 Å². The Bertz CT molecular complexity index is 983. The highest BCUT2D eigenvalue weighted by molar-refractivity contribution is 7.92. The van der Waals surface area contributed by atoms with Gasteiger partial charge >= 0.3 is 0 Å². The summed E-state index contributed by atoms with van der Waals surface area (Å²) in [5.74, 6) is -0.154. The predicted molar refractivity (Wildman–Crippen MR) is 113 cm³/mol. The third kappa shape index (κ3) is 4.93. The minimum atomic E-state index is -3.35. The molecule has 0 fully saturated rings. The van der Waals surface area contributed by atoms with Gasteiger partial charge in [0.15, 0.2) is 0 Å². The van der Waals surface area contributed by atoms with Crippen molar-refractivity contribution in [2.45, 2.75) is 52.0 Å². The average molecular weight is 401 g/mol. The van der Waals surface area contributed by atoms with Gasteiger partial charge in [-0.1, -0.05) is 25.1 Å². The molecule has 2 aromatic rings. The van der Waals surface area contributed by atoms with E-state index in [-0.39, 0.29) is 11.9 Å². The highest BCUT2D eigenvalue weighted by Crippen LogP contribution is 2.26. The number of rotatable bonds is 6. The van der Waals surface area contributed by atoms with Crippen molar-refractivity contribution in [1.29, 1.82) is 0 Å². The fourth-order valence-electron chi connectivity index (χ4n) is 3.75. The average Bonchev–Trinajstić information content (AvgIpc) is 2.66. The summed E-state index contributed by atoms with van der Waals surface area (Å²) >= 11 is 0. The number of carbonyl (C=O) groups excluding carboxylic acids is 1. The lowest BCUT2D eigenvalue weighted by molar-refractivity contribution is 0.0935. The first-order valence-electron chi connectivity index (χ1n) is 9.78.